The van der Waals surface area contributed by atoms with Crippen LogP contribution < -0.4 is 10.1 Å². The Labute approximate surface area is 130 Å². The van der Waals surface area contributed by atoms with Gasteiger partial charge in [0.1, 0.15) is 11.4 Å². The smallest absolute Gasteiger partial charge is 0.264 e. The molecule has 0 aliphatic rings. The lowest BCUT2D eigenvalue weighted by Crippen LogP contribution is -2.20. The van der Waals surface area contributed by atoms with Gasteiger partial charge in [-0.1, -0.05) is 11.6 Å². The van der Waals surface area contributed by atoms with Crippen molar-refractivity contribution in [2.24, 2.45) is 0 Å². The number of nitrogens with zero attached hydrogens (tertiary/aromatic N) is 1. The van der Waals surface area contributed by atoms with Crippen LogP contribution in [0.4, 0.5) is 5.13 Å². The Morgan fingerprint density at radius 1 is 1.43 bits per heavy atom. The van der Waals surface area contributed by atoms with E-state index in [0.29, 0.717) is 21.6 Å². The number of thiazole rings is 1. The van der Waals surface area contributed by atoms with Gasteiger partial charge in [-0.05, 0) is 30.7 Å². The molecule has 0 radical (unpaired) electrons. The molecule has 1 amide bonds. The quantitative estimate of drug-likeness (QED) is 0.857. The molecular formula is C14H13ClN2O3S. The van der Waals surface area contributed by atoms with E-state index in [-0.39, 0.29) is 18.3 Å². The van der Waals surface area contributed by atoms with Gasteiger partial charge in [-0.25, -0.2) is 4.98 Å². The summed E-state index contributed by atoms with van der Waals surface area (Å²) in [6, 6.07) is 5.17. The highest BCUT2D eigenvalue weighted by Crippen LogP contribution is 2.22. The molecule has 0 bridgehead atoms. The predicted octanol–water partition coefficient (Wildman–Crippen LogP) is 3.33. The van der Waals surface area contributed by atoms with Crippen molar-refractivity contribution < 1.29 is 14.3 Å². The Morgan fingerprint density at radius 2 is 2.19 bits per heavy atom. The number of benzene rings is 1. The van der Waals surface area contributed by atoms with Crippen molar-refractivity contribution in [1.29, 1.82) is 0 Å². The van der Waals surface area contributed by atoms with E-state index in [9.17, 15) is 9.59 Å². The number of ketones is 1. The first-order valence-corrected chi connectivity index (χ1v) is 7.36. The summed E-state index contributed by atoms with van der Waals surface area (Å²) in [6.07, 6.45) is 0. The van der Waals surface area contributed by atoms with Gasteiger partial charge in [-0.2, -0.15) is 0 Å². The van der Waals surface area contributed by atoms with Gasteiger partial charge < -0.3 is 4.74 Å². The first-order valence-electron chi connectivity index (χ1n) is 6.11. The summed E-state index contributed by atoms with van der Waals surface area (Å²) < 4.78 is 5.42. The highest BCUT2D eigenvalue weighted by atomic mass is 35.5. The second-order valence-corrected chi connectivity index (χ2v) is 5.64. The SMILES string of the molecule is CC(=O)c1csc(NC(=O)COc2ccc(Cl)cc2C)n1. The van der Waals surface area contributed by atoms with E-state index in [0.717, 1.165) is 5.56 Å². The zero-order chi connectivity index (χ0) is 15.4. The van der Waals surface area contributed by atoms with Gasteiger partial charge in [0.15, 0.2) is 17.5 Å². The molecule has 0 unspecified atom stereocenters. The number of hydrogen-bond acceptors (Lipinski definition) is 5. The minimum Gasteiger partial charge on any atom is -0.483 e. The molecule has 1 N–H and O–H groups in total. The van der Waals surface area contributed by atoms with E-state index < -0.39 is 0 Å². The number of anilines is 1. The zero-order valence-corrected chi connectivity index (χ0v) is 13.0. The fraction of sp³-hybridized carbons (Fsp3) is 0.214. The number of amides is 1. The van der Waals surface area contributed by atoms with Crippen LogP contribution in [0.5, 0.6) is 5.75 Å². The highest BCUT2D eigenvalue weighted by molar-refractivity contribution is 7.14. The van der Waals surface area contributed by atoms with Gasteiger partial charge in [0, 0.05) is 17.3 Å². The largest absolute Gasteiger partial charge is 0.483 e. The van der Waals surface area contributed by atoms with Crippen LogP contribution >= 0.6 is 22.9 Å². The molecule has 7 heteroatoms. The molecule has 1 aromatic heterocycles. The number of ether oxygens (including phenoxy) is 1. The van der Waals surface area contributed by atoms with E-state index >= 15 is 0 Å². The average Bonchev–Trinajstić information content (AvgIpc) is 2.86. The van der Waals surface area contributed by atoms with Gasteiger partial charge >= 0.3 is 0 Å². The number of hydrogen-bond donors (Lipinski definition) is 1. The average molecular weight is 325 g/mol. The summed E-state index contributed by atoms with van der Waals surface area (Å²) in [6.45, 7) is 3.13. The second-order valence-electron chi connectivity index (χ2n) is 4.34. The lowest BCUT2D eigenvalue weighted by Gasteiger charge is -2.08. The summed E-state index contributed by atoms with van der Waals surface area (Å²) in [4.78, 5) is 26.9. The van der Waals surface area contributed by atoms with Crippen LogP contribution in [0.3, 0.4) is 0 Å². The number of nitrogens with one attached hydrogen (secondary N) is 1. The normalized spacial score (nSPS) is 10.2. The third kappa shape index (κ3) is 4.27. The molecule has 1 heterocycles. The van der Waals surface area contributed by atoms with Crippen LogP contribution in [-0.4, -0.2) is 23.3 Å². The molecule has 5 nitrogen and oxygen atoms in total. The molecule has 0 saturated heterocycles. The van der Waals surface area contributed by atoms with Crippen molar-refractivity contribution in [2.45, 2.75) is 13.8 Å². The Balaban J connectivity index is 1.91. The molecule has 0 fully saturated rings. The van der Waals surface area contributed by atoms with Crippen molar-refractivity contribution in [3.8, 4) is 5.75 Å². The maximum atomic E-state index is 11.8. The summed E-state index contributed by atoms with van der Waals surface area (Å²) in [5, 5.41) is 5.17. The van der Waals surface area contributed by atoms with Crippen LogP contribution in [0.2, 0.25) is 5.02 Å². The molecular weight excluding hydrogens is 312 g/mol. The fourth-order valence-electron chi connectivity index (χ4n) is 1.57. The van der Waals surface area contributed by atoms with E-state index in [4.69, 9.17) is 16.3 Å². The van der Waals surface area contributed by atoms with Crippen molar-refractivity contribution in [3.05, 3.63) is 39.9 Å². The molecule has 2 rings (SSSR count). The Morgan fingerprint density at radius 3 is 2.81 bits per heavy atom. The maximum absolute atomic E-state index is 11.8. The van der Waals surface area contributed by atoms with Crippen molar-refractivity contribution in [2.75, 3.05) is 11.9 Å². The standard InChI is InChI=1S/C14H13ClN2O3S/c1-8-5-10(15)3-4-12(8)20-6-13(19)17-14-16-11(7-21-14)9(2)18/h3-5,7H,6H2,1-2H3,(H,16,17,19). The first-order chi connectivity index (χ1) is 9.95. The zero-order valence-electron chi connectivity index (χ0n) is 11.5. The molecule has 0 saturated carbocycles. The molecule has 110 valence electrons. The number of aryl methyl sites for hydroxylation is 1. The minimum atomic E-state index is -0.339. The third-order valence-electron chi connectivity index (χ3n) is 2.61. The molecule has 1 aromatic carbocycles. The molecule has 0 atom stereocenters. The van der Waals surface area contributed by atoms with Crippen LogP contribution in [0.15, 0.2) is 23.6 Å². The Bertz CT molecular complexity index is 685. The minimum absolute atomic E-state index is 0.139. The number of halogens is 1. The van der Waals surface area contributed by atoms with E-state index in [1.54, 1.807) is 23.6 Å². The van der Waals surface area contributed by atoms with Crippen LogP contribution in [0.25, 0.3) is 0 Å². The summed E-state index contributed by atoms with van der Waals surface area (Å²) in [5.74, 6) is 0.117. The monoisotopic (exact) mass is 324 g/mol. The first kappa shape index (κ1) is 15.5. The number of rotatable bonds is 5. The van der Waals surface area contributed by atoms with Crippen LogP contribution in [-0.2, 0) is 4.79 Å². The lowest BCUT2D eigenvalue weighted by molar-refractivity contribution is -0.118. The van der Waals surface area contributed by atoms with Crippen LogP contribution in [0, 0.1) is 6.92 Å². The highest BCUT2D eigenvalue weighted by Gasteiger charge is 2.10. The second kappa shape index (κ2) is 6.69. The molecule has 21 heavy (non-hydrogen) atoms. The number of carbonyl (C=O) groups excluding carboxylic acids is 2. The Hall–Kier alpha value is -1.92. The molecule has 0 spiro atoms. The molecule has 2 aromatic rings. The maximum Gasteiger partial charge on any atom is 0.264 e. The fourth-order valence-corrected chi connectivity index (χ4v) is 2.56. The van der Waals surface area contributed by atoms with E-state index in [1.807, 2.05) is 6.92 Å². The van der Waals surface area contributed by atoms with Crippen molar-refractivity contribution in [3.63, 3.8) is 0 Å². The molecule has 0 aliphatic carbocycles. The molecule has 0 aliphatic heterocycles. The van der Waals surface area contributed by atoms with Gasteiger partial charge in [0.2, 0.25) is 0 Å². The lowest BCUT2D eigenvalue weighted by atomic mass is 10.2. The van der Waals surface area contributed by atoms with E-state index in [1.165, 1.54) is 18.3 Å². The van der Waals surface area contributed by atoms with Gasteiger partial charge in [0.05, 0.1) is 0 Å². The van der Waals surface area contributed by atoms with Crippen molar-refractivity contribution in [1.82, 2.24) is 4.98 Å². The van der Waals surface area contributed by atoms with Gasteiger partial charge in [0.25, 0.3) is 5.91 Å². The topological polar surface area (TPSA) is 68.3 Å². The summed E-state index contributed by atoms with van der Waals surface area (Å²) in [7, 11) is 0. The summed E-state index contributed by atoms with van der Waals surface area (Å²) >= 11 is 7.04. The predicted molar refractivity (Wildman–Crippen MR) is 82.4 cm³/mol. The number of Topliss-reactive ketones (excluding diaryl/α,β-unsaturated/α-hetero) is 1. The Kier molecular flexibility index (Phi) is 4.93. The van der Waals surface area contributed by atoms with Crippen LogP contribution in [0.1, 0.15) is 23.0 Å². The van der Waals surface area contributed by atoms with Gasteiger partial charge in [-0.15, -0.1) is 11.3 Å². The number of aromatic nitrogens is 1. The van der Waals surface area contributed by atoms with Crippen molar-refractivity contribution >= 4 is 39.8 Å². The summed E-state index contributed by atoms with van der Waals surface area (Å²) in [5.41, 5.74) is 1.19. The third-order valence-corrected chi connectivity index (χ3v) is 3.60. The number of carbonyl (C=O) groups is 2. The van der Waals surface area contributed by atoms with E-state index in [2.05, 4.69) is 10.3 Å². The van der Waals surface area contributed by atoms with Gasteiger partial charge in [-0.3, -0.25) is 14.9 Å².